The van der Waals surface area contributed by atoms with Crippen molar-refractivity contribution in [2.24, 2.45) is 0 Å². The van der Waals surface area contributed by atoms with E-state index in [1.165, 1.54) is 20.5 Å². The van der Waals surface area contributed by atoms with Crippen LogP contribution < -0.4 is 20.1 Å². The van der Waals surface area contributed by atoms with Crippen LogP contribution >= 0.6 is 0 Å². The number of ether oxygens (including phenoxy) is 2. The van der Waals surface area contributed by atoms with Gasteiger partial charge in [-0.15, -0.1) is 0 Å². The summed E-state index contributed by atoms with van der Waals surface area (Å²) in [5, 5.41) is 5.96. The Kier molecular flexibility index (Phi) is 6.59. The molecule has 0 aliphatic rings. The molecule has 0 fully saturated rings. The highest BCUT2D eigenvalue weighted by molar-refractivity contribution is 5.98. The molecule has 7 nitrogen and oxygen atoms in total. The van der Waals surface area contributed by atoms with Crippen LogP contribution in [0, 0.1) is 0 Å². The molecule has 1 rings (SSSR count). The second-order valence-corrected chi connectivity index (χ2v) is 3.77. The van der Waals surface area contributed by atoms with Crippen LogP contribution in [0.4, 0.5) is 0 Å². The molecule has 0 radical (unpaired) electrons. The van der Waals surface area contributed by atoms with E-state index >= 15 is 0 Å². The third-order valence-corrected chi connectivity index (χ3v) is 2.41. The van der Waals surface area contributed by atoms with Gasteiger partial charge in [0.25, 0.3) is 5.91 Å². The van der Waals surface area contributed by atoms with Crippen LogP contribution in [0.2, 0.25) is 0 Å². The molecule has 1 heterocycles. The largest absolute Gasteiger partial charge is 0.480 e. The van der Waals surface area contributed by atoms with E-state index in [1.54, 1.807) is 0 Å². The lowest BCUT2D eigenvalue weighted by Gasteiger charge is -2.11. The predicted octanol–water partition coefficient (Wildman–Crippen LogP) is 0.223. The van der Waals surface area contributed by atoms with Gasteiger partial charge in [-0.1, -0.05) is 6.92 Å². The number of nitrogens with zero attached hydrogens (tertiary/aromatic N) is 2. The van der Waals surface area contributed by atoms with E-state index in [1.807, 2.05) is 0 Å². The number of carbonyl (C=O) groups is 1. The first-order valence-electron chi connectivity index (χ1n) is 6.16. The molecule has 0 saturated heterocycles. The first-order chi connectivity index (χ1) is 9.24. The summed E-state index contributed by atoms with van der Waals surface area (Å²) in [5.41, 5.74) is 0.211. The Bertz CT molecular complexity index is 390. The fourth-order valence-corrected chi connectivity index (χ4v) is 1.51. The average Bonchev–Trinajstić information content (AvgIpc) is 2.45. The lowest BCUT2D eigenvalue weighted by molar-refractivity contribution is 0.0946. The van der Waals surface area contributed by atoms with Gasteiger partial charge in [-0.3, -0.25) is 4.79 Å². The van der Waals surface area contributed by atoms with E-state index < -0.39 is 0 Å². The van der Waals surface area contributed by atoms with Crippen molar-refractivity contribution in [1.82, 2.24) is 20.6 Å². The molecule has 1 aromatic rings. The van der Waals surface area contributed by atoms with Crippen molar-refractivity contribution in [2.45, 2.75) is 13.3 Å². The number of carbonyl (C=O) groups excluding carboxylic acids is 1. The van der Waals surface area contributed by atoms with E-state index in [0.717, 1.165) is 13.0 Å². The zero-order valence-corrected chi connectivity index (χ0v) is 11.5. The number of rotatable bonds is 8. The molecule has 1 aromatic heterocycles. The van der Waals surface area contributed by atoms with Gasteiger partial charge >= 0.3 is 0 Å². The van der Waals surface area contributed by atoms with Crippen molar-refractivity contribution in [3.8, 4) is 11.8 Å². The first kappa shape index (κ1) is 15.2. The standard InChI is InChI=1S/C12H20N4O3/c1-4-5-13-6-7-14-10(17)9-11(18-2)15-8-16-12(9)19-3/h8,13H,4-7H2,1-3H3,(H,14,17). The van der Waals surface area contributed by atoms with E-state index in [4.69, 9.17) is 9.47 Å². The third-order valence-electron chi connectivity index (χ3n) is 2.41. The zero-order chi connectivity index (χ0) is 14.1. The third kappa shape index (κ3) is 4.36. The first-order valence-corrected chi connectivity index (χ1v) is 6.16. The topological polar surface area (TPSA) is 85.4 Å². The van der Waals surface area contributed by atoms with Crippen molar-refractivity contribution in [1.29, 1.82) is 0 Å². The Morgan fingerprint density at radius 2 is 1.79 bits per heavy atom. The average molecular weight is 268 g/mol. The molecule has 106 valence electrons. The molecule has 0 aliphatic carbocycles. The smallest absolute Gasteiger partial charge is 0.262 e. The number of hydrogen-bond acceptors (Lipinski definition) is 6. The minimum atomic E-state index is -0.312. The van der Waals surface area contributed by atoms with E-state index in [0.29, 0.717) is 13.1 Å². The summed E-state index contributed by atoms with van der Waals surface area (Å²) in [6, 6.07) is 0. The number of amides is 1. The Labute approximate surface area is 112 Å². The van der Waals surface area contributed by atoms with E-state index in [-0.39, 0.29) is 23.2 Å². The number of nitrogens with one attached hydrogen (secondary N) is 2. The van der Waals surface area contributed by atoms with Crippen molar-refractivity contribution < 1.29 is 14.3 Å². The van der Waals surface area contributed by atoms with Gasteiger partial charge in [-0.05, 0) is 13.0 Å². The van der Waals surface area contributed by atoms with Gasteiger partial charge < -0.3 is 20.1 Å². The molecule has 0 aromatic carbocycles. The minimum Gasteiger partial charge on any atom is -0.480 e. The van der Waals surface area contributed by atoms with Crippen LogP contribution in [0.1, 0.15) is 23.7 Å². The van der Waals surface area contributed by atoms with Gasteiger partial charge in [0, 0.05) is 13.1 Å². The molecule has 7 heteroatoms. The highest BCUT2D eigenvalue weighted by Gasteiger charge is 2.20. The Morgan fingerprint density at radius 1 is 1.16 bits per heavy atom. The maximum atomic E-state index is 12.1. The predicted molar refractivity (Wildman–Crippen MR) is 70.6 cm³/mol. The summed E-state index contributed by atoms with van der Waals surface area (Å²) in [7, 11) is 2.89. The normalized spacial score (nSPS) is 10.1. The van der Waals surface area contributed by atoms with Crippen molar-refractivity contribution in [3.05, 3.63) is 11.9 Å². The van der Waals surface area contributed by atoms with Gasteiger partial charge in [0.1, 0.15) is 6.33 Å². The molecule has 2 N–H and O–H groups in total. The van der Waals surface area contributed by atoms with Gasteiger partial charge in [0.15, 0.2) is 5.56 Å². The maximum absolute atomic E-state index is 12.1. The lowest BCUT2D eigenvalue weighted by atomic mass is 10.3. The quantitative estimate of drug-likeness (QED) is 0.656. The molecule has 0 bridgehead atoms. The van der Waals surface area contributed by atoms with Crippen LogP contribution in [0.3, 0.4) is 0 Å². The monoisotopic (exact) mass is 268 g/mol. The summed E-state index contributed by atoms with van der Waals surface area (Å²) in [6.07, 6.45) is 2.35. The van der Waals surface area contributed by atoms with Crippen LogP contribution in [-0.2, 0) is 0 Å². The molecular formula is C12H20N4O3. The Balaban J connectivity index is 2.65. The highest BCUT2D eigenvalue weighted by Crippen LogP contribution is 2.22. The highest BCUT2D eigenvalue weighted by atomic mass is 16.5. The van der Waals surface area contributed by atoms with Crippen LogP contribution in [0.25, 0.3) is 0 Å². The van der Waals surface area contributed by atoms with Crippen LogP contribution in [0.5, 0.6) is 11.8 Å². The molecule has 0 spiro atoms. The fourth-order valence-electron chi connectivity index (χ4n) is 1.51. The van der Waals surface area contributed by atoms with Gasteiger partial charge in [-0.25, -0.2) is 9.97 Å². The number of methoxy groups -OCH3 is 2. The van der Waals surface area contributed by atoms with E-state index in [2.05, 4.69) is 27.5 Å². The summed E-state index contributed by atoms with van der Waals surface area (Å²) in [4.78, 5) is 19.8. The molecule has 0 atom stereocenters. The fraction of sp³-hybridized carbons (Fsp3) is 0.583. The second kappa shape index (κ2) is 8.25. The Hall–Kier alpha value is -1.89. The molecule has 0 saturated carbocycles. The SMILES string of the molecule is CCCNCCNC(=O)c1c(OC)ncnc1OC. The summed E-state index contributed by atoms with van der Waals surface area (Å²) < 4.78 is 10.1. The van der Waals surface area contributed by atoms with Gasteiger partial charge in [-0.2, -0.15) is 0 Å². The van der Waals surface area contributed by atoms with Gasteiger partial charge in [0.05, 0.1) is 14.2 Å². The number of hydrogen-bond donors (Lipinski definition) is 2. The maximum Gasteiger partial charge on any atom is 0.262 e. The van der Waals surface area contributed by atoms with E-state index in [9.17, 15) is 4.79 Å². The van der Waals surface area contributed by atoms with Gasteiger partial charge in [0.2, 0.25) is 11.8 Å². The molecule has 0 aliphatic heterocycles. The summed E-state index contributed by atoms with van der Waals surface area (Å²) >= 11 is 0. The minimum absolute atomic E-state index is 0.200. The molecule has 1 amide bonds. The lowest BCUT2D eigenvalue weighted by Crippen LogP contribution is -2.32. The Morgan fingerprint density at radius 3 is 2.32 bits per heavy atom. The van der Waals surface area contributed by atoms with Crippen molar-refractivity contribution >= 4 is 5.91 Å². The van der Waals surface area contributed by atoms with Crippen molar-refractivity contribution in [2.75, 3.05) is 33.9 Å². The second-order valence-electron chi connectivity index (χ2n) is 3.77. The number of aromatic nitrogens is 2. The van der Waals surface area contributed by atoms with Crippen molar-refractivity contribution in [3.63, 3.8) is 0 Å². The van der Waals surface area contributed by atoms with Crippen LogP contribution in [-0.4, -0.2) is 49.7 Å². The summed E-state index contributed by atoms with van der Waals surface area (Å²) in [6.45, 7) is 4.23. The zero-order valence-electron chi connectivity index (χ0n) is 11.5. The van der Waals surface area contributed by atoms with Crippen LogP contribution in [0.15, 0.2) is 6.33 Å². The molecule has 0 unspecified atom stereocenters. The summed E-state index contributed by atoms with van der Waals surface area (Å²) in [5.74, 6) is 0.0873. The molecular weight excluding hydrogens is 248 g/mol. The molecule has 19 heavy (non-hydrogen) atoms.